The minimum absolute atomic E-state index is 0.186. The standard InChI is InChI=1S/C21H29N5O2S/c1-21(8-5-11-26(13-21)16(27)12-25-9-3-4-10-25)15-7-6-14-17(22)18(19(28)23-2)29-20(14)24-15/h6-7H,3-5,8-13,22H2,1-2H3,(H,23,28). The van der Waals surface area contributed by atoms with Gasteiger partial charge in [0, 0.05) is 36.6 Å². The van der Waals surface area contributed by atoms with Gasteiger partial charge in [-0.2, -0.15) is 0 Å². The highest BCUT2D eigenvalue weighted by atomic mass is 32.1. The molecular formula is C21H29N5O2S. The Morgan fingerprint density at radius 1 is 1.24 bits per heavy atom. The molecule has 0 spiro atoms. The number of nitrogens with two attached hydrogens (primary N) is 1. The maximum atomic E-state index is 12.8. The van der Waals surface area contributed by atoms with Crippen molar-refractivity contribution in [2.45, 2.75) is 38.0 Å². The molecule has 2 fully saturated rings. The number of thiophene rings is 1. The summed E-state index contributed by atoms with van der Waals surface area (Å²) < 4.78 is 0. The summed E-state index contributed by atoms with van der Waals surface area (Å²) in [7, 11) is 1.60. The van der Waals surface area contributed by atoms with Crippen LogP contribution in [0.2, 0.25) is 0 Å². The Hall–Kier alpha value is -2.19. The third-order valence-corrected chi connectivity index (χ3v) is 7.37. The number of nitrogens with one attached hydrogen (secondary N) is 1. The first kappa shape index (κ1) is 20.1. The van der Waals surface area contributed by atoms with Gasteiger partial charge < -0.3 is 16.0 Å². The van der Waals surface area contributed by atoms with Crippen molar-refractivity contribution >= 4 is 39.1 Å². The van der Waals surface area contributed by atoms with E-state index in [4.69, 9.17) is 10.7 Å². The third-order valence-electron chi connectivity index (χ3n) is 6.25. The Morgan fingerprint density at radius 2 is 2.00 bits per heavy atom. The van der Waals surface area contributed by atoms with Crippen LogP contribution >= 0.6 is 11.3 Å². The number of nitrogens with zero attached hydrogens (tertiary/aromatic N) is 3. The number of carbonyl (C=O) groups excluding carboxylic acids is 2. The van der Waals surface area contributed by atoms with Gasteiger partial charge in [0.1, 0.15) is 9.71 Å². The average molecular weight is 416 g/mol. The van der Waals surface area contributed by atoms with E-state index >= 15 is 0 Å². The van der Waals surface area contributed by atoms with Gasteiger partial charge in [-0.25, -0.2) is 4.98 Å². The Bertz CT molecular complexity index is 937. The molecule has 2 aliphatic heterocycles. The molecule has 29 heavy (non-hydrogen) atoms. The topological polar surface area (TPSA) is 91.6 Å². The van der Waals surface area contributed by atoms with Crippen LogP contribution in [0.5, 0.6) is 0 Å². The second kappa shape index (κ2) is 7.91. The quantitative estimate of drug-likeness (QED) is 0.799. The van der Waals surface area contributed by atoms with Crippen molar-refractivity contribution in [3.8, 4) is 0 Å². The molecule has 4 heterocycles. The van der Waals surface area contributed by atoms with Gasteiger partial charge in [0.15, 0.2) is 0 Å². The van der Waals surface area contributed by atoms with E-state index in [9.17, 15) is 9.59 Å². The predicted octanol–water partition coefficient (Wildman–Crippen LogP) is 2.21. The molecule has 3 N–H and O–H groups in total. The molecule has 156 valence electrons. The normalized spacial score (nSPS) is 22.9. The lowest BCUT2D eigenvalue weighted by Crippen LogP contribution is -2.50. The van der Waals surface area contributed by atoms with Crippen LogP contribution < -0.4 is 11.1 Å². The monoisotopic (exact) mass is 415 g/mol. The van der Waals surface area contributed by atoms with Gasteiger partial charge in [-0.3, -0.25) is 14.5 Å². The summed E-state index contributed by atoms with van der Waals surface area (Å²) >= 11 is 1.33. The molecule has 2 amide bonds. The lowest BCUT2D eigenvalue weighted by atomic mass is 9.78. The van der Waals surface area contributed by atoms with Crippen LogP contribution in [-0.4, -0.2) is 66.4 Å². The first-order valence-electron chi connectivity index (χ1n) is 10.3. The van der Waals surface area contributed by atoms with E-state index in [1.54, 1.807) is 7.05 Å². The van der Waals surface area contributed by atoms with E-state index < -0.39 is 0 Å². The molecule has 4 rings (SSSR count). The summed E-state index contributed by atoms with van der Waals surface area (Å²) in [5, 5.41) is 3.45. The molecule has 0 saturated carbocycles. The van der Waals surface area contributed by atoms with E-state index in [1.165, 1.54) is 24.2 Å². The van der Waals surface area contributed by atoms with Crippen LogP contribution in [0, 0.1) is 0 Å². The number of amides is 2. The molecular weight excluding hydrogens is 386 g/mol. The average Bonchev–Trinajstić information content (AvgIpc) is 3.35. The van der Waals surface area contributed by atoms with Gasteiger partial charge in [-0.05, 0) is 50.9 Å². The number of rotatable bonds is 4. The molecule has 1 atom stereocenters. The molecule has 8 heteroatoms. The summed E-state index contributed by atoms with van der Waals surface area (Å²) in [4.78, 5) is 35.3. The van der Waals surface area contributed by atoms with E-state index in [2.05, 4.69) is 17.1 Å². The number of aromatic nitrogens is 1. The zero-order valence-corrected chi connectivity index (χ0v) is 18.0. The first-order valence-corrected chi connectivity index (χ1v) is 11.1. The number of fused-ring (bicyclic) bond motifs is 1. The Kier molecular flexibility index (Phi) is 5.48. The molecule has 0 aliphatic carbocycles. The Labute approximate surface area is 175 Å². The summed E-state index contributed by atoms with van der Waals surface area (Å²) in [5.74, 6) is 0.0378. The zero-order chi connectivity index (χ0) is 20.6. The number of likely N-dealkylation sites (tertiary alicyclic amines) is 2. The van der Waals surface area contributed by atoms with Gasteiger partial charge in [0.25, 0.3) is 5.91 Å². The van der Waals surface area contributed by atoms with Crippen molar-refractivity contribution in [1.82, 2.24) is 20.1 Å². The minimum atomic E-state index is -0.195. The molecule has 0 bridgehead atoms. The molecule has 2 aliphatic rings. The van der Waals surface area contributed by atoms with Crippen LogP contribution in [0.15, 0.2) is 12.1 Å². The maximum Gasteiger partial charge on any atom is 0.263 e. The largest absolute Gasteiger partial charge is 0.397 e. The minimum Gasteiger partial charge on any atom is -0.397 e. The lowest BCUT2D eigenvalue weighted by Gasteiger charge is -2.40. The number of hydrogen-bond donors (Lipinski definition) is 2. The van der Waals surface area contributed by atoms with Crippen molar-refractivity contribution in [2.75, 3.05) is 45.5 Å². The number of anilines is 1. The maximum absolute atomic E-state index is 12.8. The molecule has 1 unspecified atom stereocenters. The fourth-order valence-electron chi connectivity index (χ4n) is 4.51. The van der Waals surface area contributed by atoms with E-state index in [0.717, 1.165) is 48.4 Å². The van der Waals surface area contributed by atoms with Gasteiger partial charge in [0.05, 0.1) is 12.2 Å². The van der Waals surface area contributed by atoms with Crippen LogP contribution in [-0.2, 0) is 10.2 Å². The van der Waals surface area contributed by atoms with Gasteiger partial charge in [-0.15, -0.1) is 11.3 Å². The number of pyridine rings is 1. The van der Waals surface area contributed by atoms with Crippen molar-refractivity contribution in [3.63, 3.8) is 0 Å². The van der Waals surface area contributed by atoms with E-state index in [0.29, 0.717) is 23.7 Å². The number of piperidine rings is 1. The van der Waals surface area contributed by atoms with E-state index in [1.807, 2.05) is 17.0 Å². The summed E-state index contributed by atoms with van der Waals surface area (Å²) in [6, 6.07) is 3.97. The van der Waals surface area contributed by atoms with Crippen LogP contribution in [0.4, 0.5) is 5.69 Å². The summed E-state index contributed by atoms with van der Waals surface area (Å²) in [6.45, 7) is 6.27. The van der Waals surface area contributed by atoms with Crippen LogP contribution in [0.1, 0.15) is 48.0 Å². The summed E-state index contributed by atoms with van der Waals surface area (Å²) in [5.41, 5.74) is 7.42. The highest BCUT2D eigenvalue weighted by Crippen LogP contribution is 2.37. The Morgan fingerprint density at radius 3 is 2.72 bits per heavy atom. The van der Waals surface area contributed by atoms with Crippen molar-refractivity contribution in [3.05, 3.63) is 22.7 Å². The van der Waals surface area contributed by atoms with Crippen molar-refractivity contribution in [2.24, 2.45) is 0 Å². The van der Waals surface area contributed by atoms with Gasteiger partial charge in [0.2, 0.25) is 5.91 Å². The third kappa shape index (κ3) is 3.83. The summed E-state index contributed by atoms with van der Waals surface area (Å²) in [6.07, 6.45) is 4.34. The van der Waals surface area contributed by atoms with Crippen molar-refractivity contribution in [1.29, 1.82) is 0 Å². The molecule has 7 nitrogen and oxygen atoms in total. The molecule has 0 aromatic carbocycles. The predicted molar refractivity (Wildman–Crippen MR) is 116 cm³/mol. The molecule has 2 aromatic rings. The smallest absolute Gasteiger partial charge is 0.263 e. The fraction of sp³-hybridized carbons (Fsp3) is 0.571. The Balaban J connectivity index is 1.56. The molecule has 0 radical (unpaired) electrons. The van der Waals surface area contributed by atoms with Gasteiger partial charge in [-0.1, -0.05) is 6.92 Å². The highest BCUT2D eigenvalue weighted by Gasteiger charge is 2.36. The lowest BCUT2D eigenvalue weighted by molar-refractivity contribution is -0.134. The highest BCUT2D eigenvalue weighted by molar-refractivity contribution is 7.21. The first-order chi connectivity index (χ1) is 13.9. The number of nitrogen functional groups attached to an aromatic ring is 1. The zero-order valence-electron chi connectivity index (χ0n) is 17.2. The van der Waals surface area contributed by atoms with Crippen LogP contribution in [0.25, 0.3) is 10.2 Å². The van der Waals surface area contributed by atoms with Crippen LogP contribution in [0.3, 0.4) is 0 Å². The van der Waals surface area contributed by atoms with Gasteiger partial charge >= 0.3 is 0 Å². The fourth-order valence-corrected chi connectivity index (χ4v) is 5.55. The second-order valence-electron chi connectivity index (χ2n) is 8.44. The second-order valence-corrected chi connectivity index (χ2v) is 9.44. The van der Waals surface area contributed by atoms with Crippen molar-refractivity contribution < 1.29 is 9.59 Å². The van der Waals surface area contributed by atoms with E-state index in [-0.39, 0.29) is 17.2 Å². The number of carbonyl (C=O) groups is 2. The molecule has 2 saturated heterocycles. The number of hydrogen-bond acceptors (Lipinski definition) is 6. The SMILES string of the molecule is CNC(=O)c1sc2nc(C3(C)CCCN(C(=O)CN4CCCC4)C3)ccc2c1N. The molecule has 2 aromatic heterocycles.